The van der Waals surface area contributed by atoms with Crippen LogP contribution in [0.5, 0.6) is 0 Å². The highest BCUT2D eigenvalue weighted by atomic mass is 32.2. The number of fused-ring (bicyclic) bond motifs is 1. The first-order valence-corrected chi connectivity index (χ1v) is 9.40. The summed E-state index contributed by atoms with van der Waals surface area (Å²) in [6.07, 6.45) is 1.35. The summed E-state index contributed by atoms with van der Waals surface area (Å²) in [6.45, 7) is -0.277. The van der Waals surface area contributed by atoms with Crippen LogP contribution in [0.2, 0.25) is 0 Å². The Morgan fingerprint density at radius 2 is 2.27 bits per heavy atom. The zero-order valence-corrected chi connectivity index (χ0v) is 16.3. The Kier molecular flexibility index (Phi) is 6.15. The first kappa shape index (κ1) is 21.0. The van der Waals surface area contributed by atoms with Crippen LogP contribution in [0.1, 0.15) is 5.76 Å². The van der Waals surface area contributed by atoms with Crippen LogP contribution >= 0.6 is 11.8 Å². The fourth-order valence-electron chi connectivity index (χ4n) is 2.90. The Balaban J connectivity index is 1.76. The van der Waals surface area contributed by atoms with Crippen LogP contribution < -0.4 is 11.1 Å². The molecule has 1 aromatic rings. The van der Waals surface area contributed by atoms with Gasteiger partial charge >= 0.3 is 12.0 Å². The second-order valence-corrected chi connectivity index (χ2v) is 7.05. The van der Waals surface area contributed by atoms with Crippen molar-refractivity contribution in [1.82, 2.24) is 10.2 Å². The molecule has 0 aromatic carbocycles. The summed E-state index contributed by atoms with van der Waals surface area (Å²) < 4.78 is 10.1. The molecule has 0 aliphatic carbocycles. The maximum Gasteiger partial charge on any atom is 0.352 e. The number of aliphatic carboxylic acids is 1. The SMILES string of the molecule is CO/N=C(\C(=O)N[C@@H]1C(=O)N2C(C(=O)O)=C(COC(N)=NO)CS[C@@H]12)c1ccco1. The average Bonchev–Trinajstić information content (AvgIpc) is 3.27. The topological polar surface area (TPSA) is 189 Å². The van der Waals surface area contributed by atoms with Gasteiger partial charge in [0.2, 0.25) is 5.71 Å². The van der Waals surface area contributed by atoms with Crippen LogP contribution in [0.4, 0.5) is 0 Å². The van der Waals surface area contributed by atoms with Crippen molar-refractivity contribution in [2.45, 2.75) is 11.4 Å². The minimum Gasteiger partial charge on any atom is -0.477 e. The molecule has 3 heterocycles. The number of oxime groups is 2. The van der Waals surface area contributed by atoms with Gasteiger partial charge in [0.25, 0.3) is 11.8 Å². The summed E-state index contributed by atoms with van der Waals surface area (Å²) >= 11 is 1.23. The maximum atomic E-state index is 12.6. The number of rotatable bonds is 7. The van der Waals surface area contributed by atoms with Crippen molar-refractivity contribution in [2.75, 3.05) is 19.5 Å². The van der Waals surface area contributed by atoms with Crippen molar-refractivity contribution in [1.29, 1.82) is 0 Å². The second-order valence-electron chi connectivity index (χ2n) is 5.94. The Labute approximate surface area is 173 Å². The van der Waals surface area contributed by atoms with E-state index in [1.807, 2.05) is 0 Å². The molecule has 2 aliphatic heterocycles. The Bertz CT molecular complexity index is 941. The minimum absolute atomic E-state index is 0.142. The number of carboxylic acid groups (broad SMARTS) is 1. The standard InChI is InChI=1S/C16H17N5O8S/c1-27-20-9(8-3-2-4-28-8)12(22)18-10-13(23)21-11(15(24)25)7(6-30-14(10)21)5-29-16(17)19-26/h2-4,10,14,26H,5-6H2,1H3,(H2,17,19)(H,18,22)(H,24,25)/b20-9-/t10-,14+/m1/s1. The van der Waals surface area contributed by atoms with E-state index in [1.165, 1.54) is 31.2 Å². The molecule has 2 amide bonds. The zero-order chi connectivity index (χ0) is 21.8. The van der Waals surface area contributed by atoms with Crippen LogP contribution in [0.3, 0.4) is 0 Å². The predicted octanol–water partition coefficient (Wildman–Crippen LogP) is -0.911. The lowest BCUT2D eigenvalue weighted by molar-refractivity contribution is -0.150. The third-order valence-corrected chi connectivity index (χ3v) is 5.52. The lowest BCUT2D eigenvalue weighted by Gasteiger charge is -2.49. The van der Waals surface area contributed by atoms with Gasteiger partial charge in [-0.15, -0.1) is 11.8 Å². The van der Waals surface area contributed by atoms with Crippen molar-refractivity contribution in [3.05, 3.63) is 35.4 Å². The van der Waals surface area contributed by atoms with Gasteiger partial charge in [0.1, 0.15) is 30.8 Å². The van der Waals surface area contributed by atoms with Crippen molar-refractivity contribution in [2.24, 2.45) is 16.0 Å². The van der Waals surface area contributed by atoms with E-state index in [-0.39, 0.29) is 35.1 Å². The number of carbonyl (C=O) groups excluding carboxylic acids is 2. The number of amidine groups is 1. The fraction of sp³-hybridized carbons (Fsp3) is 0.312. The van der Waals surface area contributed by atoms with Crippen LogP contribution in [0, 0.1) is 0 Å². The lowest BCUT2D eigenvalue weighted by atomic mass is 10.0. The van der Waals surface area contributed by atoms with E-state index in [4.69, 9.17) is 20.1 Å². The van der Waals surface area contributed by atoms with Gasteiger partial charge in [-0.25, -0.2) is 4.79 Å². The summed E-state index contributed by atoms with van der Waals surface area (Å²) in [5, 5.41) is 26.2. The molecule has 1 saturated heterocycles. The summed E-state index contributed by atoms with van der Waals surface area (Å²) in [6, 6.07) is 1.55. The van der Waals surface area contributed by atoms with Crippen LogP contribution in [0.25, 0.3) is 0 Å². The number of carbonyl (C=O) groups is 3. The lowest BCUT2D eigenvalue weighted by Crippen LogP contribution is -2.71. The van der Waals surface area contributed by atoms with E-state index in [9.17, 15) is 19.5 Å². The van der Waals surface area contributed by atoms with Crippen LogP contribution in [-0.4, -0.2) is 75.6 Å². The first-order chi connectivity index (χ1) is 14.4. The molecule has 0 saturated carbocycles. The van der Waals surface area contributed by atoms with Crippen molar-refractivity contribution >= 4 is 41.3 Å². The third-order valence-electron chi connectivity index (χ3n) is 4.18. The minimum atomic E-state index is -1.34. The number of nitrogens with zero attached hydrogens (tertiary/aromatic N) is 3. The van der Waals surface area contributed by atoms with E-state index >= 15 is 0 Å². The number of amides is 2. The summed E-state index contributed by atoms with van der Waals surface area (Å²) in [5.74, 6) is -2.34. The molecule has 0 radical (unpaired) electrons. The normalized spacial score (nSPS) is 21.6. The number of nitrogens with one attached hydrogen (secondary N) is 1. The molecule has 13 nitrogen and oxygen atoms in total. The van der Waals surface area contributed by atoms with Crippen molar-refractivity contribution in [3.63, 3.8) is 0 Å². The molecule has 30 heavy (non-hydrogen) atoms. The number of β-lactam (4-membered cyclic amide) rings is 1. The van der Waals surface area contributed by atoms with E-state index in [1.54, 1.807) is 6.07 Å². The molecular weight excluding hydrogens is 422 g/mol. The van der Waals surface area contributed by atoms with E-state index in [0.29, 0.717) is 0 Å². The molecule has 1 fully saturated rings. The highest BCUT2D eigenvalue weighted by molar-refractivity contribution is 8.00. The average molecular weight is 439 g/mol. The van der Waals surface area contributed by atoms with Gasteiger partial charge in [-0.1, -0.05) is 5.16 Å². The van der Waals surface area contributed by atoms with Gasteiger partial charge < -0.3 is 35.4 Å². The molecule has 5 N–H and O–H groups in total. The van der Waals surface area contributed by atoms with Gasteiger partial charge in [-0.3, -0.25) is 14.5 Å². The molecule has 3 rings (SSSR count). The molecule has 2 atom stereocenters. The van der Waals surface area contributed by atoms with Gasteiger partial charge in [0, 0.05) is 11.3 Å². The van der Waals surface area contributed by atoms with E-state index in [2.05, 4.69) is 20.5 Å². The highest BCUT2D eigenvalue weighted by Crippen LogP contribution is 2.40. The smallest absolute Gasteiger partial charge is 0.352 e. The molecular formula is C16H17N5O8S. The first-order valence-electron chi connectivity index (χ1n) is 8.35. The Morgan fingerprint density at radius 3 is 2.87 bits per heavy atom. The zero-order valence-electron chi connectivity index (χ0n) is 15.5. The predicted molar refractivity (Wildman–Crippen MR) is 101 cm³/mol. The largest absolute Gasteiger partial charge is 0.477 e. The quantitative estimate of drug-likeness (QED) is 0.136. The maximum absolute atomic E-state index is 12.6. The molecule has 1 aromatic heterocycles. The van der Waals surface area contributed by atoms with Gasteiger partial charge in [0.15, 0.2) is 5.76 Å². The summed E-state index contributed by atoms with van der Waals surface area (Å²) in [4.78, 5) is 42.7. The Morgan fingerprint density at radius 1 is 1.50 bits per heavy atom. The van der Waals surface area contributed by atoms with Crippen molar-refractivity contribution < 1.29 is 38.7 Å². The highest BCUT2D eigenvalue weighted by Gasteiger charge is 2.54. The second kappa shape index (κ2) is 8.77. The van der Waals surface area contributed by atoms with Gasteiger partial charge in [-0.2, -0.15) is 0 Å². The number of ether oxygens (including phenoxy) is 1. The molecule has 14 heteroatoms. The summed E-state index contributed by atoms with van der Waals surface area (Å²) in [7, 11) is 1.26. The number of furan rings is 1. The van der Waals surface area contributed by atoms with E-state index < -0.39 is 35.2 Å². The molecule has 2 aliphatic rings. The van der Waals surface area contributed by atoms with Crippen molar-refractivity contribution in [3.8, 4) is 0 Å². The van der Waals surface area contributed by atoms with E-state index in [0.717, 1.165) is 4.90 Å². The Hall–Kier alpha value is -3.68. The molecule has 0 spiro atoms. The number of nitrogens with two attached hydrogens (primary N) is 1. The monoisotopic (exact) mass is 439 g/mol. The van der Waals surface area contributed by atoms with Crippen LogP contribution in [-0.2, 0) is 24.0 Å². The van der Waals surface area contributed by atoms with Gasteiger partial charge in [-0.05, 0) is 17.3 Å². The van der Waals surface area contributed by atoms with Crippen LogP contribution in [0.15, 0.2) is 44.4 Å². The summed E-state index contributed by atoms with van der Waals surface area (Å²) in [5.41, 5.74) is 5.06. The van der Waals surface area contributed by atoms with Gasteiger partial charge in [0.05, 0.1) is 6.26 Å². The fourth-order valence-corrected chi connectivity index (χ4v) is 4.22. The number of carboxylic acids is 1. The number of hydrogen-bond acceptors (Lipinski definition) is 10. The molecule has 0 bridgehead atoms. The molecule has 160 valence electrons. The third kappa shape index (κ3) is 3.89. The molecule has 0 unspecified atom stereocenters. The number of thioether (sulfide) groups is 1. The number of hydrogen-bond donors (Lipinski definition) is 4.